The molecule has 22 heavy (non-hydrogen) atoms. The number of hydrogen-bond donors (Lipinski definition) is 2. The number of rotatable bonds is 7. The molecule has 0 radical (unpaired) electrons. The Morgan fingerprint density at radius 3 is 2.77 bits per heavy atom. The summed E-state index contributed by atoms with van der Waals surface area (Å²) in [5.41, 5.74) is 2.60. The van der Waals surface area contributed by atoms with E-state index in [9.17, 15) is 0 Å². The molecule has 1 aliphatic rings. The fourth-order valence-electron chi connectivity index (χ4n) is 3.05. The first-order valence-electron chi connectivity index (χ1n) is 8.04. The lowest BCUT2D eigenvalue weighted by atomic mass is 9.97. The predicted octanol–water partition coefficient (Wildman–Crippen LogP) is 2.59. The number of likely N-dealkylation sites (N-methyl/N-ethyl adjacent to an activating group) is 1. The van der Waals surface area contributed by atoms with Crippen molar-refractivity contribution in [3.05, 3.63) is 60.3 Å². The Morgan fingerprint density at radius 2 is 2.05 bits per heavy atom. The van der Waals surface area contributed by atoms with Crippen molar-refractivity contribution in [2.45, 2.75) is 6.54 Å². The van der Waals surface area contributed by atoms with Gasteiger partial charge in [0.25, 0.3) is 0 Å². The predicted molar refractivity (Wildman–Crippen MR) is 93.8 cm³/mol. The van der Waals surface area contributed by atoms with Crippen LogP contribution in [0.5, 0.6) is 0 Å². The van der Waals surface area contributed by atoms with Gasteiger partial charge in [0.05, 0.1) is 0 Å². The van der Waals surface area contributed by atoms with Crippen LogP contribution in [0.3, 0.4) is 0 Å². The summed E-state index contributed by atoms with van der Waals surface area (Å²) in [4.78, 5) is 2.54. The van der Waals surface area contributed by atoms with Crippen LogP contribution in [0.2, 0.25) is 0 Å². The molecule has 2 aromatic rings. The van der Waals surface area contributed by atoms with E-state index in [0.717, 1.165) is 32.7 Å². The highest BCUT2D eigenvalue weighted by Gasteiger charge is 2.24. The molecule has 3 heteroatoms. The smallest absolute Gasteiger partial charge is 0.0281 e. The van der Waals surface area contributed by atoms with Crippen LogP contribution in [0.1, 0.15) is 5.56 Å². The lowest BCUT2D eigenvalue weighted by Gasteiger charge is -2.36. The number of nitrogens with zero attached hydrogens (tertiary/aromatic N) is 1. The lowest BCUT2D eigenvalue weighted by molar-refractivity contribution is 0.214. The van der Waals surface area contributed by atoms with E-state index < -0.39 is 0 Å². The molecule has 0 amide bonds. The van der Waals surface area contributed by atoms with Gasteiger partial charge in [0.15, 0.2) is 0 Å². The van der Waals surface area contributed by atoms with Gasteiger partial charge in [-0.05, 0) is 23.4 Å². The van der Waals surface area contributed by atoms with Gasteiger partial charge in [-0.25, -0.2) is 0 Å². The summed E-state index contributed by atoms with van der Waals surface area (Å²) < 4.78 is 0. The van der Waals surface area contributed by atoms with Crippen molar-refractivity contribution < 1.29 is 0 Å². The van der Waals surface area contributed by atoms with E-state index in [2.05, 4.69) is 64.6 Å². The van der Waals surface area contributed by atoms with Gasteiger partial charge >= 0.3 is 0 Å². The first-order chi connectivity index (χ1) is 10.8. The third-order valence-corrected chi connectivity index (χ3v) is 4.50. The maximum absolute atomic E-state index is 4.08. The molecule has 1 unspecified atom stereocenters. The number of nitrogens with one attached hydrogen (secondary N) is 2. The standard InChI is InChI=1S/C19H25N3/c1-15-18(12-21-15)14-22(11-10-20-2)13-17-8-5-7-16-6-3-4-9-19(16)17/h3-9,18,20-21H,1,10-14H2,2H3. The molecule has 1 saturated heterocycles. The number of fused-ring (bicyclic) bond motifs is 1. The van der Waals surface area contributed by atoms with Crippen molar-refractivity contribution >= 4 is 10.8 Å². The zero-order valence-corrected chi connectivity index (χ0v) is 13.3. The minimum atomic E-state index is 0.590. The van der Waals surface area contributed by atoms with Gasteiger partial charge in [0.1, 0.15) is 0 Å². The highest BCUT2D eigenvalue weighted by Crippen LogP contribution is 2.22. The maximum Gasteiger partial charge on any atom is 0.0281 e. The van der Waals surface area contributed by atoms with Crippen molar-refractivity contribution in [1.29, 1.82) is 0 Å². The number of hydrogen-bond acceptors (Lipinski definition) is 3. The summed E-state index contributed by atoms with van der Waals surface area (Å²) in [7, 11) is 2.01. The fraction of sp³-hybridized carbons (Fsp3) is 0.368. The van der Waals surface area contributed by atoms with Gasteiger partial charge < -0.3 is 10.6 Å². The van der Waals surface area contributed by atoms with Crippen molar-refractivity contribution in [2.75, 3.05) is 33.2 Å². The Kier molecular flexibility index (Phi) is 4.76. The molecular formula is C19H25N3. The summed E-state index contributed by atoms with van der Waals surface area (Å²) in [6.45, 7) is 9.28. The van der Waals surface area contributed by atoms with E-state index in [1.807, 2.05) is 7.05 Å². The van der Waals surface area contributed by atoms with Crippen LogP contribution < -0.4 is 10.6 Å². The molecule has 0 saturated carbocycles. The van der Waals surface area contributed by atoms with E-state index in [1.165, 1.54) is 22.0 Å². The normalized spacial score (nSPS) is 17.5. The molecule has 0 bridgehead atoms. The second kappa shape index (κ2) is 6.95. The third-order valence-electron chi connectivity index (χ3n) is 4.50. The molecule has 0 aliphatic carbocycles. The average molecular weight is 295 g/mol. The molecule has 1 atom stereocenters. The largest absolute Gasteiger partial charge is 0.388 e. The molecule has 0 aromatic heterocycles. The first kappa shape index (κ1) is 15.1. The topological polar surface area (TPSA) is 27.3 Å². The van der Waals surface area contributed by atoms with Crippen LogP contribution in [0, 0.1) is 5.92 Å². The number of benzene rings is 2. The van der Waals surface area contributed by atoms with E-state index >= 15 is 0 Å². The van der Waals surface area contributed by atoms with Gasteiger partial charge in [0, 0.05) is 44.3 Å². The van der Waals surface area contributed by atoms with Gasteiger partial charge in [0.2, 0.25) is 0 Å². The second-order valence-electron chi connectivity index (χ2n) is 6.08. The van der Waals surface area contributed by atoms with Crippen LogP contribution >= 0.6 is 0 Å². The van der Waals surface area contributed by atoms with Crippen molar-refractivity contribution in [3.63, 3.8) is 0 Å². The quantitative estimate of drug-likeness (QED) is 0.822. The molecular weight excluding hydrogens is 270 g/mol. The molecule has 116 valence electrons. The SMILES string of the molecule is C=C1NCC1CN(CCNC)Cc1cccc2ccccc12. The summed E-state index contributed by atoms with van der Waals surface area (Å²) >= 11 is 0. The second-order valence-corrected chi connectivity index (χ2v) is 6.08. The van der Waals surface area contributed by atoms with E-state index in [0.29, 0.717) is 5.92 Å². The van der Waals surface area contributed by atoms with Crippen LogP contribution in [-0.4, -0.2) is 38.1 Å². The van der Waals surface area contributed by atoms with E-state index in [4.69, 9.17) is 0 Å². The Morgan fingerprint density at radius 1 is 1.23 bits per heavy atom. The third kappa shape index (κ3) is 3.32. The summed E-state index contributed by atoms with van der Waals surface area (Å²) in [5, 5.41) is 9.23. The van der Waals surface area contributed by atoms with Gasteiger partial charge in [-0.3, -0.25) is 4.90 Å². The maximum atomic E-state index is 4.08. The molecule has 1 fully saturated rings. The zero-order chi connectivity index (χ0) is 15.4. The van der Waals surface area contributed by atoms with Crippen LogP contribution in [-0.2, 0) is 6.54 Å². The molecule has 2 N–H and O–H groups in total. The summed E-state index contributed by atoms with van der Waals surface area (Å²) in [6, 6.07) is 15.3. The summed E-state index contributed by atoms with van der Waals surface area (Å²) in [6.07, 6.45) is 0. The lowest BCUT2D eigenvalue weighted by Crippen LogP contribution is -2.46. The molecule has 2 aromatic carbocycles. The highest BCUT2D eigenvalue weighted by molar-refractivity contribution is 5.85. The Balaban J connectivity index is 1.77. The molecule has 3 nitrogen and oxygen atoms in total. The van der Waals surface area contributed by atoms with Gasteiger partial charge in [-0.15, -0.1) is 0 Å². The Hall–Kier alpha value is -1.84. The Bertz CT molecular complexity index is 645. The van der Waals surface area contributed by atoms with Crippen LogP contribution in [0.4, 0.5) is 0 Å². The minimum Gasteiger partial charge on any atom is -0.388 e. The monoisotopic (exact) mass is 295 g/mol. The van der Waals surface area contributed by atoms with E-state index in [-0.39, 0.29) is 0 Å². The zero-order valence-electron chi connectivity index (χ0n) is 13.3. The first-order valence-corrected chi connectivity index (χ1v) is 8.04. The average Bonchev–Trinajstić information content (AvgIpc) is 2.56. The van der Waals surface area contributed by atoms with Gasteiger partial charge in [-0.1, -0.05) is 49.0 Å². The molecule has 1 aliphatic heterocycles. The van der Waals surface area contributed by atoms with Crippen molar-refractivity contribution in [3.8, 4) is 0 Å². The highest BCUT2D eigenvalue weighted by atomic mass is 15.2. The van der Waals surface area contributed by atoms with Crippen LogP contribution in [0.15, 0.2) is 54.7 Å². The molecule has 0 spiro atoms. The van der Waals surface area contributed by atoms with Crippen LogP contribution in [0.25, 0.3) is 10.8 Å². The fourth-order valence-corrected chi connectivity index (χ4v) is 3.05. The molecule has 3 rings (SSSR count). The van der Waals surface area contributed by atoms with Crippen molar-refractivity contribution in [1.82, 2.24) is 15.5 Å². The van der Waals surface area contributed by atoms with E-state index in [1.54, 1.807) is 0 Å². The van der Waals surface area contributed by atoms with Crippen molar-refractivity contribution in [2.24, 2.45) is 5.92 Å². The molecule has 1 heterocycles. The minimum absolute atomic E-state index is 0.590. The Labute approximate surface area is 133 Å². The summed E-state index contributed by atoms with van der Waals surface area (Å²) in [5.74, 6) is 0.590. The van der Waals surface area contributed by atoms with Gasteiger partial charge in [-0.2, -0.15) is 0 Å².